The summed E-state index contributed by atoms with van der Waals surface area (Å²) in [5, 5.41) is 2.71. The molecule has 1 saturated heterocycles. The van der Waals surface area contributed by atoms with Crippen molar-refractivity contribution in [1.29, 1.82) is 0 Å². The van der Waals surface area contributed by atoms with Gasteiger partial charge in [-0.1, -0.05) is 6.92 Å². The molecule has 4 nitrogen and oxygen atoms in total. The van der Waals surface area contributed by atoms with Crippen LogP contribution in [0, 0.1) is 17.6 Å². The van der Waals surface area contributed by atoms with Gasteiger partial charge in [0, 0.05) is 25.2 Å². The fourth-order valence-electron chi connectivity index (χ4n) is 2.61. The van der Waals surface area contributed by atoms with Crippen molar-refractivity contribution in [3.8, 4) is 0 Å². The van der Waals surface area contributed by atoms with Gasteiger partial charge in [-0.25, -0.2) is 13.6 Å². The van der Waals surface area contributed by atoms with E-state index >= 15 is 0 Å². The highest BCUT2D eigenvalue weighted by Crippen LogP contribution is 2.26. The Balaban J connectivity index is 2.15. The molecule has 1 aromatic rings. The Bertz CT molecular complexity index is 496. The summed E-state index contributed by atoms with van der Waals surface area (Å²) in [6.07, 6.45) is 0.270. The molecule has 1 amide bonds. The largest absolute Gasteiger partial charge is 0.453 e. The molecule has 0 aliphatic carbocycles. The average Bonchev–Trinajstić information content (AvgIpc) is 2.40. The molecule has 20 heavy (non-hydrogen) atoms. The lowest BCUT2D eigenvalue weighted by Gasteiger charge is -2.38. The smallest absolute Gasteiger partial charge is 0.407 e. The minimum absolute atomic E-state index is 0.145. The molecule has 2 unspecified atom stereocenters. The van der Waals surface area contributed by atoms with Gasteiger partial charge in [0.2, 0.25) is 0 Å². The van der Waals surface area contributed by atoms with Crippen molar-refractivity contribution < 1.29 is 18.3 Å². The Hall–Kier alpha value is -1.85. The SMILES string of the molecule is COC(=O)NC1CC(C)CN(c2cc(F)ccc2F)C1. The van der Waals surface area contributed by atoms with E-state index < -0.39 is 17.7 Å². The van der Waals surface area contributed by atoms with Crippen LogP contribution in [0.25, 0.3) is 0 Å². The van der Waals surface area contributed by atoms with Gasteiger partial charge in [0.15, 0.2) is 0 Å². The third-order valence-electron chi connectivity index (χ3n) is 3.42. The highest BCUT2D eigenvalue weighted by Gasteiger charge is 2.27. The number of carbonyl (C=O) groups excluding carboxylic acids is 1. The molecule has 0 spiro atoms. The number of hydrogen-bond acceptors (Lipinski definition) is 3. The van der Waals surface area contributed by atoms with E-state index in [2.05, 4.69) is 10.1 Å². The molecule has 6 heteroatoms. The van der Waals surface area contributed by atoms with Gasteiger partial charge in [0.05, 0.1) is 12.8 Å². The fraction of sp³-hybridized carbons (Fsp3) is 0.500. The van der Waals surface area contributed by atoms with Crippen LogP contribution in [0.5, 0.6) is 0 Å². The number of piperidine rings is 1. The maximum Gasteiger partial charge on any atom is 0.407 e. The van der Waals surface area contributed by atoms with E-state index in [1.807, 2.05) is 6.92 Å². The number of methoxy groups -OCH3 is 1. The molecule has 0 radical (unpaired) electrons. The second kappa shape index (κ2) is 6.07. The number of ether oxygens (including phenoxy) is 1. The quantitative estimate of drug-likeness (QED) is 0.907. The van der Waals surface area contributed by atoms with E-state index in [-0.39, 0.29) is 17.6 Å². The van der Waals surface area contributed by atoms with Crippen molar-refractivity contribution in [2.75, 3.05) is 25.1 Å². The van der Waals surface area contributed by atoms with Gasteiger partial charge in [-0.15, -0.1) is 0 Å². The molecule has 1 aromatic carbocycles. The molecule has 1 heterocycles. The van der Waals surface area contributed by atoms with Gasteiger partial charge in [0.25, 0.3) is 0 Å². The van der Waals surface area contributed by atoms with Gasteiger partial charge in [0.1, 0.15) is 11.6 Å². The molecular weight excluding hydrogens is 266 g/mol. The first kappa shape index (κ1) is 14.6. The Morgan fingerprint density at radius 2 is 2.15 bits per heavy atom. The minimum atomic E-state index is -0.510. The Morgan fingerprint density at radius 3 is 2.85 bits per heavy atom. The summed E-state index contributed by atoms with van der Waals surface area (Å²) in [4.78, 5) is 13.0. The molecule has 1 aliphatic heterocycles. The van der Waals surface area contributed by atoms with Gasteiger partial charge in [-0.05, 0) is 24.5 Å². The van der Waals surface area contributed by atoms with E-state index in [9.17, 15) is 13.6 Å². The third-order valence-corrected chi connectivity index (χ3v) is 3.42. The van der Waals surface area contributed by atoms with Crippen LogP contribution in [0.1, 0.15) is 13.3 Å². The maximum atomic E-state index is 13.8. The first-order chi connectivity index (χ1) is 9.49. The number of carbonyl (C=O) groups is 1. The number of anilines is 1. The highest BCUT2D eigenvalue weighted by molar-refractivity contribution is 5.67. The van der Waals surface area contributed by atoms with Crippen LogP contribution in [0.4, 0.5) is 19.3 Å². The fourth-order valence-corrected chi connectivity index (χ4v) is 2.61. The van der Waals surface area contributed by atoms with Crippen molar-refractivity contribution >= 4 is 11.8 Å². The molecule has 2 atom stereocenters. The monoisotopic (exact) mass is 284 g/mol. The topological polar surface area (TPSA) is 41.6 Å². The number of alkyl carbamates (subject to hydrolysis) is 1. The number of hydrogen-bond donors (Lipinski definition) is 1. The molecule has 110 valence electrons. The van der Waals surface area contributed by atoms with Crippen LogP contribution < -0.4 is 10.2 Å². The third kappa shape index (κ3) is 3.37. The van der Waals surface area contributed by atoms with Gasteiger partial charge in [-0.3, -0.25) is 0 Å². The molecule has 0 aromatic heterocycles. The summed E-state index contributed by atoms with van der Waals surface area (Å²) < 4.78 is 31.7. The predicted octanol–water partition coefficient (Wildman–Crippen LogP) is 2.54. The molecule has 2 rings (SSSR count). The minimum Gasteiger partial charge on any atom is -0.453 e. The summed E-state index contributed by atoms with van der Waals surface area (Å²) in [5.41, 5.74) is 0.230. The summed E-state index contributed by atoms with van der Waals surface area (Å²) in [7, 11) is 1.30. The summed E-state index contributed by atoms with van der Waals surface area (Å²) in [5.74, 6) is -0.678. The van der Waals surface area contributed by atoms with Gasteiger partial charge < -0.3 is 15.0 Å². The van der Waals surface area contributed by atoms with Crippen LogP contribution in [0.3, 0.4) is 0 Å². The van der Waals surface area contributed by atoms with Gasteiger partial charge >= 0.3 is 6.09 Å². The number of nitrogens with one attached hydrogen (secondary N) is 1. The van der Waals surface area contributed by atoms with Gasteiger partial charge in [-0.2, -0.15) is 0 Å². The maximum absolute atomic E-state index is 13.8. The molecule has 0 saturated carbocycles. The van der Waals surface area contributed by atoms with Crippen LogP contribution in [0.2, 0.25) is 0 Å². The molecule has 1 aliphatic rings. The number of halogens is 2. The molecular formula is C14H18F2N2O2. The lowest BCUT2D eigenvalue weighted by molar-refractivity contribution is 0.163. The number of benzene rings is 1. The molecule has 0 bridgehead atoms. The first-order valence-corrected chi connectivity index (χ1v) is 6.54. The zero-order valence-electron chi connectivity index (χ0n) is 11.5. The van der Waals surface area contributed by atoms with Crippen molar-refractivity contribution in [3.63, 3.8) is 0 Å². The second-order valence-electron chi connectivity index (χ2n) is 5.17. The molecule has 1 fully saturated rings. The average molecular weight is 284 g/mol. The number of rotatable bonds is 2. The second-order valence-corrected chi connectivity index (χ2v) is 5.17. The van der Waals surface area contributed by atoms with E-state index in [0.717, 1.165) is 18.6 Å². The van der Waals surface area contributed by atoms with Crippen molar-refractivity contribution in [3.05, 3.63) is 29.8 Å². The lowest BCUT2D eigenvalue weighted by Crippen LogP contribution is -2.50. The summed E-state index contributed by atoms with van der Waals surface area (Å²) in [6.45, 7) is 3.06. The van der Waals surface area contributed by atoms with Crippen molar-refractivity contribution in [1.82, 2.24) is 5.32 Å². The van der Waals surface area contributed by atoms with E-state index in [0.29, 0.717) is 13.1 Å². The predicted molar refractivity (Wildman–Crippen MR) is 71.7 cm³/mol. The van der Waals surface area contributed by atoms with E-state index in [4.69, 9.17) is 0 Å². The summed E-state index contributed by atoms with van der Waals surface area (Å²) >= 11 is 0. The van der Waals surface area contributed by atoms with E-state index in [1.165, 1.54) is 13.2 Å². The normalized spacial score (nSPS) is 22.5. The summed E-state index contributed by atoms with van der Waals surface area (Å²) in [6, 6.07) is 3.25. The Morgan fingerprint density at radius 1 is 1.40 bits per heavy atom. The first-order valence-electron chi connectivity index (χ1n) is 6.54. The standard InChI is InChI=1S/C14H18F2N2O2/c1-9-5-11(17-14(19)20-2)8-18(7-9)13-6-10(15)3-4-12(13)16/h3-4,6,9,11H,5,7-8H2,1-2H3,(H,17,19). The van der Waals surface area contributed by atoms with Crippen molar-refractivity contribution in [2.45, 2.75) is 19.4 Å². The highest BCUT2D eigenvalue weighted by atomic mass is 19.1. The van der Waals surface area contributed by atoms with Crippen LogP contribution >= 0.6 is 0 Å². The number of amides is 1. The van der Waals surface area contributed by atoms with Crippen LogP contribution in [-0.4, -0.2) is 32.3 Å². The van der Waals surface area contributed by atoms with Crippen LogP contribution in [0.15, 0.2) is 18.2 Å². The van der Waals surface area contributed by atoms with E-state index in [1.54, 1.807) is 4.90 Å². The van der Waals surface area contributed by atoms with Crippen LogP contribution in [-0.2, 0) is 4.74 Å². The zero-order chi connectivity index (χ0) is 14.7. The zero-order valence-corrected chi connectivity index (χ0v) is 11.5. The Labute approximate surface area is 116 Å². The lowest BCUT2D eigenvalue weighted by atomic mass is 9.95. The molecule has 1 N–H and O–H groups in total. The van der Waals surface area contributed by atoms with Crippen molar-refractivity contribution in [2.24, 2.45) is 5.92 Å². The number of nitrogens with zero attached hydrogens (tertiary/aromatic N) is 1. The Kier molecular flexibility index (Phi) is 4.42.